The molecule has 2 N–H and O–H groups in total. The lowest BCUT2D eigenvalue weighted by atomic mass is 9.65. The van der Waals surface area contributed by atoms with Crippen LogP contribution in [0.25, 0.3) is 0 Å². The van der Waals surface area contributed by atoms with Gasteiger partial charge in [-0.2, -0.15) is 0 Å². The molecule has 5 atom stereocenters. The smallest absolute Gasteiger partial charge is 0.0591 e. The fourth-order valence-corrected chi connectivity index (χ4v) is 6.88. The average Bonchev–Trinajstić information content (AvgIpc) is 2.88. The molecule has 3 saturated carbocycles. The normalized spacial score (nSPS) is 37.5. The molecule has 3 aliphatic carbocycles. The van der Waals surface area contributed by atoms with Gasteiger partial charge in [0.1, 0.15) is 0 Å². The van der Waals surface area contributed by atoms with Gasteiger partial charge in [0.25, 0.3) is 0 Å². The largest absolute Gasteiger partial charge is 0.393 e. The highest BCUT2D eigenvalue weighted by Gasteiger charge is 2.49. The first kappa shape index (κ1) is 23.1. The van der Waals surface area contributed by atoms with Gasteiger partial charge in [0, 0.05) is 0 Å². The van der Waals surface area contributed by atoms with Crippen molar-refractivity contribution < 1.29 is 10.2 Å². The van der Waals surface area contributed by atoms with E-state index < -0.39 is 5.60 Å². The van der Waals surface area contributed by atoms with E-state index in [4.69, 9.17) is 0 Å². The minimum atomic E-state index is -0.528. The molecule has 29 heavy (non-hydrogen) atoms. The number of fused-ring (bicyclic) bond motifs is 1. The van der Waals surface area contributed by atoms with Crippen LogP contribution in [0.15, 0.2) is 23.3 Å². The van der Waals surface area contributed by atoms with Gasteiger partial charge in [0.2, 0.25) is 0 Å². The van der Waals surface area contributed by atoms with Crippen LogP contribution in [-0.4, -0.2) is 21.9 Å². The first-order chi connectivity index (χ1) is 13.7. The van der Waals surface area contributed by atoms with Crippen molar-refractivity contribution in [3.63, 3.8) is 0 Å². The Labute approximate surface area is 179 Å². The monoisotopic (exact) mass is 402 g/mol. The number of hydrogen-bond acceptors (Lipinski definition) is 2. The maximum atomic E-state index is 10.1. The third-order valence-corrected chi connectivity index (χ3v) is 8.49. The molecule has 0 aliphatic heterocycles. The van der Waals surface area contributed by atoms with Crippen LogP contribution in [0.5, 0.6) is 0 Å². The van der Waals surface area contributed by atoms with E-state index in [2.05, 4.69) is 26.0 Å². The van der Waals surface area contributed by atoms with E-state index >= 15 is 0 Å². The zero-order chi connectivity index (χ0) is 21.1. The highest BCUT2D eigenvalue weighted by molar-refractivity contribution is 5.25. The second-order valence-corrected chi connectivity index (χ2v) is 11.4. The van der Waals surface area contributed by atoms with Crippen LogP contribution in [0.2, 0.25) is 0 Å². The average molecular weight is 403 g/mol. The summed E-state index contributed by atoms with van der Waals surface area (Å²) in [6.07, 6.45) is 20.3. The Morgan fingerprint density at radius 3 is 2.62 bits per heavy atom. The summed E-state index contributed by atoms with van der Waals surface area (Å²) in [4.78, 5) is 0. The van der Waals surface area contributed by atoms with E-state index in [-0.39, 0.29) is 6.10 Å². The van der Waals surface area contributed by atoms with Crippen LogP contribution < -0.4 is 0 Å². The van der Waals surface area contributed by atoms with E-state index in [9.17, 15) is 10.2 Å². The Hall–Kier alpha value is -0.600. The zero-order valence-corrected chi connectivity index (χ0v) is 19.6. The second kappa shape index (κ2) is 9.69. The Kier molecular flexibility index (Phi) is 7.71. The number of rotatable bonds is 6. The number of allylic oxidation sites excluding steroid dienone is 3. The quantitative estimate of drug-likeness (QED) is 0.504. The van der Waals surface area contributed by atoms with E-state index in [1.807, 2.05) is 13.8 Å². The van der Waals surface area contributed by atoms with Crippen molar-refractivity contribution in [3.8, 4) is 0 Å². The van der Waals surface area contributed by atoms with E-state index in [0.29, 0.717) is 5.41 Å². The third-order valence-electron chi connectivity index (χ3n) is 8.49. The molecule has 0 aromatic rings. The van der Waals surface area contributed by atoms with Crippen molar-refractivity contribution in [1.82, 2.24) is 0 Å². The molecule has 3 fully saturated rings. The summed E-state index contributed by atoms with van der Waals surface area (Å²) < 4.78 is 0. The summed E-state index contributed by atoms with van der Waals surface area (Å²) in [7, 11) is 0. The first-order valence-corrected chi connectivity index (χ1v) is 12.5. The van der Waals surface area contributed by atoms with Gasteiger partial charge in [-0.3, -0.25) is 0 Å². The van der Waals surface area contributed by atoms with Crippen LogP contribution in [-0.2, 0) is 0 Å². The number of aliphatic hydroxyl groups excluding tert-OH is 1. The fraction of sp³-hybridized carbons (Fsp3) is 0.852. The van der Waals surface area contributed by atoms with Gasteiger partial charge in [-0.1, -0.05) is 56.4 Å². The summed E-state index contributed by atoms with van der Waals surface area (Å²) in [6.45, 7) is 8.94. The van der Waals surface area contributed by atoms with Gasteiger partial charge >= 0.3 is 0 Å². The molecule has 2 nitrogen and oxygen atoms in total. The molecule has 0 heterocycles. The Morgan fingerprint density at radius 1 is 1.10 bits per heavy atom. The van der Waals surface area contributed by atoms with Crippen LogP contribution in [0, 0.1) is 23.2 Å². The number of hydrogen-bond donors (Lipinski definition) is 2. The second-order valence-electron chi connectivity index (χ2n) is 11.4. The summed E-state index contributed by atoms with van der Waals surface area (Å²) >= 11 is 0. The van der Waals surface area contributed by atoms with Crippen LogP contribution in [0.1, 0.15) is 111 Å². The molecule has 0 aromatic carbocycles. The van der Waals surface area contributed by atoms with Gasteiger partial charge in [-0.15, -0.1) is 0 Å². The molecule has 0 bridgehead atoms. The van der Waals surface area contributed by atoms with Crippen LogP contribution >= 0.6 is 0 Å². The predicted octanol–water partition coefficient (Wildman–Crippen LogP) is 6.96. The minimum Gasteiger partial charge on any atom is -0.393 e. The summed E-state index contributed by atoms with van der Waals surface area (Å²) in [5, 5.41) is 20.1. The van der Waals surface area contributed by atoms with Crippen molar-refractivity contribution >= 4 is 0 Å². The van der Waals surface area contributed by atoms with Gasteiger partial charge in [0.15, 0.2) is 0 Å². The molecule has 0 saturated heterocycles. The maximum absolute atomic E-state index is 10.1. The molecular weight excluding hydrogens is 356 g/mol. The van der Waals surface area contributed by atoms with Gasteiger partial charge < -0.3 is 10.2 Å². The first-order valence-electron chi connectivity index (χ1n) is 12.5. The number of aliphatic hydroxyl groups is 2. The Balaban J connectivity index is 1.69. The van der Waals surface area contributed by atoms with E-state index in [1.165, 1.54) is 56.9 Å². The summed E-state index contributed by atoms with van der Waals surface area (Å²) in [5.74, 6) is 2.32. The molecule has 2 heteroatoms. The molecule has 3 rings (SSSR count). The standard InChI is InChI=1S/C27H46O2/c1-20(9-8-17-26(2,3)29)24-15-16-25-22(11-5-6-18-27(24,25)4)14-13-21-10-7-12-23(28)19-21/h13-14,20,23-25,28-29H,5-12,15-19H2,1-4H3/b21-13-,22-14+/t20-,23?,24?,25?,27?/m1/s1. The fourth-order valence-electron chi connectivity index (χ4n) is 6.88. The zero-order valence-electron chi connectivity index (χ0n) is 19.6. The minimum absolute atomic E-state index is 0.117. The van der Waals surface area contributed by atoms with Crippen molar-refractivity contribution in [2.45, 2.75) is 123 Å². The molecular formula is C27H46O2. The molecule has 0 spiro atoms. The van der Waals surface area contributed by atoms with E-state index in [0.717, 1.165) is 49.9 Å². The van der Waals surface area contributed by atoms with Crippen LogP contribution in [0.4, 0.5) is 0 Å². The highest BCUT2D eigenvalue weighted by Crippen LogP contribution is 2.58. The summed E-state index contributed by atoms with van der Waals surface area (Å²) in [6, 6.07) is 0. The lowest BCUT2D eigenvalue weighted by Crippen LogP contribution is -2.32. The lowest BCUT2D eigenvalue weighted by molar-refractivity contribution is 0.0619. The van der Waals surface area contributed by atoms with Crippen molar-refractivity contribution in [1.29, 1.82) is 0 Å². The van der Waals surface area contributed by atoms with Gasteiger partial charge in [-0.05, 0) is 101 Å². The predicted molar refractivity (Wildman–Crippen MR) is 123 cm³/mol. The third kappa shape index (κ3) is 5.97. The van der Waals surface area contributed by atoms with Gasteiger partial charge in [0.05, 0.1) is 11.7 Å². The Morgan fingerprint density at radius 2 is 1.90 bits per heavy atom. The van der Waals surface area contributed by atoms with Crippen molar-refractivity contribution in [2.75, 3.05) is 0 Å². The molecule has 0 aromatic heterocycles. The lowest BCUT2D eigenvalue weighted by Gasteiger charge is -2.40. The molecule has 0 amide bonds. The van der Waals surface area contributed by atoms with Gasteiger partial charge in [-0.25, -0.2) is 0 Å². The van der Waals surface area contributed by atoms with Crippen molar-refractivity contribution in [3.05, 3.63) is 23.3 Å². The Bertz CT molecular complexity index is 596. The summed E-state index contributed by atoms with van der Waals surface area (Å²) in [5.41, 5.74) is 3.07. The topological polar surface area (TPSA) is 40.5 Å². The highest BCUT2D eigenvalue weighted by atomic mass is 16.3. The SMILES string of the molecule is C[C@H](CCCC(C)(C)O)C1CCC2/C(=C/C=C3/CCCC(O)C3)CCCCC21C. The molecule has 3 aliphatic rings. The van der Waals surface area contributed by atoms with Crippen LogP contribution in [0.3, 0.4) is 0 Å². The van der Waals surface area contributed by atoms with E-state index in [1.54, 1.807) is 5.57 Å². The molecule has 4 unspecified atom stereocenters. The maximum Gasteiger partial charge on any atom is 0.0591 e. The molecule has 0 radical (unpaired) electrons. The molecule has 166 valence electrons. The van der Waals surface area contributed by atoms with Crippen molar-refractivity contribution in [2.24, 2.45) is 23.2 Å².